The number of likely N-dealkylation sites (tertiary alicyclic amines) is 1. The van der Waals surface area contributed by atoms with Crippen LogP contribution in [0.3, 0.4) is 0 Å². The predicted octanol–water partition coefficient (Wildman–Crippen LogP) is -0.210. The molecule has 90 valence electrons. The maximum absolute atomic E-state index is 11.7. The molecule has 0 spiro atoms. The smallest absolute Gasteiger partial charge is 0.326 e. The molecular weight excluding hydrogens is 212 g/mol. The molecule has 0 aromatic heterocycles. The molecule has 0 radical (unpaired) electrons. The molecule has 0 bridgehead atoms. The van der Waals surface area contributed by atoms with E-state index in [1.807, 2.05) is 0 Å². The monoisotopic (exact) mass is 228 g/mol. The molecule has 1 unspecified atom stereocenters. The first-order chi connectivity index (χ1) is 7.45. The summed E-state index contributed by atoms with van der Waals surface area (Å²) in [4.78, 5) is 23.7. The molecule has 1 saturated heterocycles. The van der Waals surface area contributed by atoms with Gasteiger partial charge in [-0.15, -0.1) is 6.58 Å². The van der Waals surface area contributed by atoms with Crippen LogP contribution in [0.15, 0.2) is 12.7 Å². The lowest BCUT2D eigenvalue weighted by molar-refractivity contribution is -0.141. The van der Waals surface area contributed by atoms with E-state index in [0.29, 0.717) is 0 Å². The van der Waals surface area contributed by atoms with Gasteiger partial charge in [-0.3, -0.25) is 0 Å². The highest BCUT2D eigenvalue weighted by Gasteiger charge is 2.39. The Morgan fingerprint density at radius 1 is 1.62 bits per heavy atom. The molecule has 3 N–H and O–H groups in total. The summed E-state index contributed by atoms with van der Waals surface area (Å²) in [5, 5.41) is 20.8. The van der Waals surface area contributed by atoms with E-state index in [1.165, 1.54) is 0 Å². The topological polar surface area (TPSA) is 89.9 Å². The van der Waals surface area contributed by atoms with E-state index in [9.17, 15) is 14.7 Å². The van der Waals surface area contributed by atoms with Crippen LogP contribution >= 0.6 is 0 Å². The van der Waals surface area contributed by atoms with Gasteiger partial charge in [-0.25, -0.2) is 9.59 Å². The number of carbonyl (C=O) groups is 2. The number of amides is 2. The highest BCUT2D eigenvalue weighted by atomic mass is 16.4. The highest BCUT2D eigenvalue weighted by molar-refractivity contribution is 5.83. The van der Waals surface area contributed by atoms with E-state index >= 15 is 0 Å². The van der Waals surface area contributed by atoms with E-state index in [1.54, 1.807) is 13.0 Å². The van der Waals surface area contributed by atoms with Gasteiger partial charge in [0.1, 0.15) is 6.04 Å². The maximum atomic E-state index is 11.7. The molecule has 0 saturated carbocycles. The number of aliphatic hydroxyl groups excluding tert-OH is 1. The molecule has 0 aromatic rings. The van der Waals surface area contributed by atoms with Crippen LogP contribution in [0, 0.1) is 0 Å². The molecule has 6 heteroatoms. The molecule has 2 amide bonds. The first kappa shape index (κ1) is 12.5. The number of carboxylic acid groups (broad SMARTS) is 1. The molecule has 1 fully saturated rings. The summed E-state index contributed by atoms with van der Waals surface area (Å²) >= 11 is 0. The van der Waals surface area contributed by atoms with Gasteiger partial charge in [0.2, 0.25) is 0 Å². The fourth-order valence-corrected chi connectivity index (χ4v) is 1.61. The number of aliphatic carboxylic acids is 1. The lowest BCUT2D eigenvalue weighted by Crippen LogP contribution is -2.48. The SMILES string of the molecule is C=CC(C)NC(=O)N1C[C@H](O)C[C@@H]1C(=O)O. The van der Waals surface area contributed by atoms with Gasteiger partial charge in [-0.1, -0.05) is 6.08 Å². The van der Waals surface area contributed by atoms with Gasteiger partial charge in [-0.05, 0) is 6.92 Å². The second kappa shape index (κ2) is 4.98. The van der Waals surface area contributed by atoms with Crippen LogP contribution < -0.4 is 5.32 Å². The van der Waals surface area contributed by atoms with Crippen LogP contribution in [0.5, 0.6) is 0 Å². The van der Waals surface area contributed by atoms with Gasteiger partial charge in [0, 0.05) is 19.0 Å². The molecule has 1 rings (SSSR count). The van der Waals surface area contributed by atoms with Crippen molar-refractivity contribution in [1.29, 1.82) is 0 Å². The number of nitrogens with zero attached hydrogens (tertiary/aromatic N) is 1. The lowest BCUT2D eigenvalue weighted by atomic mass is 10.2. The number of hydrogen-bond donors (Lipinski definition) is 3. The van der Waals surface area contributed by atoms with Crippen molar-refractivity contribution in [3.63, 3.8) is 0 Å². The third-order valence-electron chi connectivity index (χ3n) is 2.53. The summed E-state index contributed by atoms with van der Waals surface area (Å²) in [6, 6.07) is -1.68. The Balaban J connectivity index is 2.66. The molecule has 0 aliphatic carbocycles. The Kier molecular flexibility index (Phi) is 3.89. The van der Waals surface area contributed by atoms with E-state index < -0.39 is 24.1 Å². The molecule has 16 heavy (non-hydrogen) atoms. The Labute approximate surface area is 93.5 Å². The summed E-state index contributed by atoms with van der Waals surface area (Å²) in [7, 11) is 0. The predicted molar refractivity (Wildman–Crippen MR) is 56.9 cm³/mol. The summed E-state index contributed by atoms with van der Waals surface area (Å²) in [6.45, 7) is 5.29. The van der Waals surface area contributed by atoms with Gasteiger partial charge in [0.15, 0.2) is 0 Å². The van der Waals surface area contributed by atoms with E-state index in [2.05, 4.69) is 11.9 Å². The Bertz CT molecular complexity index is 305. The van der Waals surface area contributed by atoms with Gasteiger partial charge in [-0.2, -0.15) is 0 Å². The average Bonchev–Trinajstić information content (AvgIpc) is 2.60. The number of β-amino-alcohol motifs (C(OH)–C–C–N with tert-alkyl or cyclic N) is 1. The lowest BCUT2D eigenvalue weighted by Gasteiger charge is -2.23. The largest absolute Gasteiger partial charge is 0.480 e. The van der Waals surface area contributed by atoms with Crippen LogP contribution in [0.1, 0.15) is 13.3 Å². The van der Waals surface area contributed by atoms with Crippen molar-refractivity contribution in [2.24, 2.45) is 0 Å². The van der Waals surface area contributed by atoms with E-state index in [0.717, 1.165) is 4.90 Å². The second-order valence-corrected chi connectivity index (χ2v) is 3.87. The minimum Gasteiger partial charge on any atom is -0.480 e. The fourth-order valence-electron chi connectivity index (χ4n) is 1.61. The molecule has 1 aliphatic heterocycles. The van der Waals surface area contributed by atoms with Gasteiger partial charge in [0.25, 0.3) is 0 Å². The van der Waals surface area contributed by atoms with Gasteiger partial charge in [0.05, 0.1) is 6.10 Å². The molecule has 0 aromatic carbocycles. The van der Waals surface area contributed by atoms with Gasteiger partial charge >= 0.3 is 12.0 Å². The van der Waals surface area contributed by atoms with Crippen LogP contribution in [-0.4, -0.2) is 51.8 Å². The number of hydrogen-bond acceptors (Lipinski definition) is 3. The minimum absolute atomic E-state index is 0.0483. The van der Waals surface area contributed by atoms with Gasteiger partial charge < -0.3 is 20.4 Å². The number of urea groups is 1. The first-order valence-electron chi connectivity index (χ1n) is 5.06. The number of carbonyl (C=O) groups excluding carboxylic acids is 1. The van der Waals surface area contributed by atoms with Crippen molar-refractivity contribution in [2.45, 2.75) is 31.5 Å². The molecule has 3 atom stereocenters. The third-order valence-corrected chi connectivity index (χ3v) is 2.53. The number of aliphatic hydroxyl groups is 1. The third kappa shape index (κ3) is 2.73. The molecule has 1 aliphatic rings. The zero-order chi connectivity index (χ0) is 12.3. The normalized spacial score (nSPS) is 26.2. The summed E-state index contributed by atoms with van der Waals surface area (Å²) < 4.78 is 0. The van der Waals surface area contributed by atoms with Crippen LogP contribution in [-0.2, 0) is 4.79 Å². The second-order valence-electron chi connectivity index (χ2n) is 3.87. The fraction of sp³-hybridized carbons (Fsp3) is 0.600. The summed E-state index contributed by atoms with van der Waals surface area (Å²) in [6.07, 6.45) is 0.844. The van der Waals surface area contributed by atoms with Crippen molar-refractivity contribution in [1.82, 2.24) is 10.2 Å². The highest BCUT2D eigenvalue weighted by Crippen LogP contribution is 2.18. The zero-order valence-corrected chi connectivity index (χ0v) is 9.09. The summed E-state index contributed by atoms with van der Waals surface area (Å²) in [5.74, 6) is -1.10. The van der Waals surface area contributed by atoms with Crippen LogP contribution in [0.2, 0.25) is 0 Å². The van der Waals surface area contributed by atoms with E-state index in [-0.39, 0.29) is 19.0 Å². The Morgan fingerprint density at radius 2 is 2.25 bits per heavy atom. The Morgan fingerprint density at radius 3 is 2.75 bits per heavy atom. The zero-order valence-electron chi connectivity index (χ0n) is 9.09. The molecule has 6 nitrogen and oxygen atoms in total. The standard InChI is InChI=1S/C10H16N2O4/c1-3-6(2)11-10(16)12-5-7(13)4-8(12)9(14)15/h3,6-8,13H,1,4-5H2,2H3,(H,11,16)(H,14,15)/t6?,7-,8-/m1/s1. The molecule has 1 heterocycles. The maximum Gasteiger partial charge on any atom is 0.326 e. The Hall–Kier alpha value is -1.56. The van der Waals surface area contributed by atoms with Crippen molar-refractivity contribution < 1.29 is 19.8 Å². The van der Waals surface area contributed by atoms with Crippen molar-refractivity contribution in [2.75, 3.05) is 6.54 Å². The quantitative estimate of drug-likeness (QED) is 0.583. The van der Waals surface area contributed by atoms with Crippen molar-refractivity contribution >= 4 is 12.0 Å². The number of rotatable bonds is 3. The number of nitrogens with one attached hydrogen (secondary N) is 1. The van der Waals surface area contributed by atoms with Crippen molar-refractivity contribution in [3.8, 4) is 0 Å². The van der Waals surface area contributed by atoms with Crippen molar-refractivity contribution in [3.05, 3.63) is 12.7 Å². The van der Waals surface area contributed by atoms with Crippen LogP contribution in [0.4, 0.5) is 4.79 Å². The molecular formula is C10H16N2O4. The minimum atomic E-state index is -1.10. The average molecular weight is 228 g/mol. The summed E-state index contributed by atoms with van der Waals surface area (Å²) in [5.41, 5.74) is 0. The van der Waals surface area contributed by atoms with Crippen LogP contribution in [0.25, 0.3) is 0 Å². The first-order valence-corrected chi connectivity index (χ1v) is 5.06. The van der Waals surface area contributed by atoms with E-state index in [4.69, 9.17) is 5.11 Å². The number of carboxylic acids is 1.